The summed E-state index contributed by atoms with van der Waals surface area (Å²) in [4.78, 5) is 22.4. The maximum atomic E-state index is 13.8. The number of hydrogen-bond acceptors (Lipinski definition) is 5. The largest absolute Gasteiger partial charge is 0.378 e. The number of morpholine rings is 1. The van der Waals surface area contributed by atoms with Gasteiger partial charge in [-0.05, 0) is 25.0 Å². The van der Waals surface area contributed by atoms with E-state index in [-0.39, 0.29) is 11.9 Å². The van der Waals surface area contributed by atoms with E-state index in [9.17, 15) is 4.79 Å². The number of fused-ring (bicyclic) bond motifs is 1. The average molecular weight is 430 g/mol. The fourth-order valence-corrected chi connectivity index (χ4v) is 4.45. The number of carbonyl (C=O) groups is 1. The topological polar surface area (TPSA) is 63.5 Å². The number of amides is 1. The Labute approximate surface area is 187 Å². The van der Waals surface area contributed by atoms with Crippen LogP contribution < -0.4 is 4.90 Å². The zero-order valence-corrected chi connectivity index (χ0v) is 18.4. The molecule has 1 fully saturated rings. The molecule has 0 radical (unpaired) electrons. The molecular formula is C25H27N5O2. The van der Waals surface area contributed by atoms with Crippen LogP contribution in [0.25, 0.3) is 0 Å². The second-order valence-corrected chi connectivity index (χ2v) is 8.29. The van der Waals surface area contributed by atoms with Gasteiger partial charge in [0.2, 0.25) is 5.95 Å². The lowest BCUT2D eigenvalue weighted by molar-refractivity contribution is -0.131. The van der Waals surface area contributed by atoms with Crippen LogP contribution in [0.15, 0.2) is 72.2 Å². The van der Waals surface area contributed by atoms with Crippen LogP contribution in [0, 0.1) is 6.92 Å². The summed E-state index contributed by atoms with van der Waals surface area (Å²) in [5.74, 6) is 0.783. The van der Waals surface area contributed by atoms with E-state index in [0.29, 0.717) is 32.8 Å². The second-order valence-electron chi connectivity index (χ2n) is 8.29. The molecule has 3 aromatic rings. The summed E-state index contributed by atoms with van der Waals surface area (Å²) in [6, 6.07) is 18.2. The zero-order chi connectivity index (χ0) is 22.1. The third kappa shape index (κ3) is 3.69. The number of rotatable bonds is 4. The highest BCUT2D eigenvalue weighted by Crippen LogP contribution is 2.39. The van der Waals surface area contributed by atoms with Crippen molar-refractivity contribution in [3.05, 3.63) is 88.9 Å². The molecule has 0 saturated carbocycles. The molecule has 32 heavy (non-hydrogen) atoms. The number of benzene rings is 2. The molecule has 7 heteroatoms. The molecule has 1 saturated heterocycles. The normalized spacial score (nSPS) is 18.6. The van der Waals surface area contributed by atoms with Crippen LogP contribution in [0.4, 0.5) is 5.95 Å². The predicted octanol–water partition coefficient (Wildman–Crippen LogP) is 3.33. The second kappa shape index (κ2) is 8.59. The summed E-state index contributed by atoms with van der Waals surface area (Å²) in [6.07, 6.45) is 1.57. The summed E-state index contributed by atoms with van der Waals surface area (Å²) < 4.78 is 7.36. The standard InChI is InChI=1S/C25H27N5O2/c1-18-8-10-20(11-9-18)16-29-19(2)22(24(31)28-12-14-32-15-13-28)23(21-6-4-3-5-7-21)30-25(29)26-17-27-30/h3-11,17,23H,12-16H2,1-2H3/t23-/m0/s1. The minimum Gasteiger partial charge on any atom is -0.378 e. The minimum absolute atomic E-state index is 0.0368. The van der Waals surface area contributed by atoms with Crippen molar-refractivity contribution in [2.75, 3.05) is 31.2 Å². The van der Waals surface area contributed by atoms with Crippen LogP contribution in [0.5, 0.6) is 0 Å². The molecule has 3 heterocycles. The van der Waals surface area contributed by atoms with Gasteiger partial charge in [-0.2, -0.15) is 10.1 Å². The molecule has 5 rings (SSSR count). The number of allylic oxidation sites excluding steroid dienone is 1. The van der Waals surface area contributed by atoms with Crippen molar-refractivity contribution in [2.45, 2.75) is 26.4 Å². The molecule has 1 aromatic heterocycles. The number of hydrogen-bond donors (Lipinski definition) is 0. The van der Waals surface area contributed by atoms with Gasteiger partial charge in [0, 0.05) is 18.8 Å². The first kappa shape index (κ1) is 20.5. The van der Waals surface area contributed by atoms with Gasteiger partial charge < -0.3 is 14.5 Å². The quantitative estimate of drug-likeness (QED) is 0.637. The average Bonchev–Trinajstić information content (AvgIpc) is 3.32. The van der Waals surface area contributed by atoms with Crippen molar-refractivity contribution >= 4 is 11.9 Å². The highest BCUT2D eigenvalue weighted by atomic mass is 16.5. The van der Waals surface area contributed by atoms with E-state index in [1.54, 1.807) is 6.33 Å². The number of aromatic nitrogens is 3. The maximum Gasteiger partial charge on any atom is 0.254 e. The van der Waals surface area contributed by atoms with Crippen molar-refractivity contribution in [3.63, 3.8) is 0 Å². The fourth-order valence-electron chi connectivity index (χ4n) is 4.45. The summed E-state index contributed by atoms with van der Waals surface area (Å²) in [6.45, 7) is 7.04. The van der Waals surface area contributed by atoms with E-state index < -0.39 is 0 Å². The number of carbonyl (C=O) groups excluding carboxylic acids is 1. The van der Waals surface area contributed by atoms with E-state index in [1.165, 1.54) is 5.56 Å². The Morgan fingerprint density at radius 2 is 1.75 bits per heavy atom. The third-order valence-corrected chi connectivity index (χ3v) is 6.21. The lowest BCUT2D eigenvalue weighted by Gasteiger charge is -2.38. The first-order valence-electron chi connectivity index (χ1n) is 11.0. The Balaban J connectivity index is 1.62. The molecule has 1 amide bonds. The summed E-state index contributed by atoms with van der Waals surface area (Å²) in [7, 11) is 0. The lowest BCUT2D eigenvalue weighted by Crippen LogP contribution is -2.45. The van der Waals surface area contributed by atoms with E-state index >= 15 is 0 Å². The Morgan fingerprint density at radius 3 is 2.47 bits per heavy atom. The first-order valence-corrected chi connectivity index (χ1v) is 11.0. The molecule has 2 aliphatic heterocycles. The molecule has 0 N–H and O–H groups in total. The number of ether oxygens (including phenoxy) is 1. The molecule has 0 bridgehead atoms. The van der Waals surface area contributed by atoms with Gasteiger partial charge in [0.15, 0.2) is 0 Å². The summed E-state index contributed by atoms with van der Waals surface area (Å²) in [5, 5.41) is 4.57. The van der Waals surface area contributed by atoms with E-state index in [4.69, 9.17) is 4.74 Å². The molecule has 0 spiro atoms. The highest BCUT2D eigenvalue weighted by molar-refractivity contribution is 5.97. The van der Waals surface area contributed by atoms with Gasteiger partial charge in [-0.25, -0.2) is 4.68 Å². The molecular weight excluding hydrogens is 402 g/mol. The first-order chi connectivity index (χ1) is 15.6. The Kier molecular flexibility index (Phi) is 5.49. The van der Waals surface area contributed by atoms with Gasteiger partial charge in [-0.15, -0.1) is 0 Å². The van der Waals surface area contributed by atoms with Gasteiger partial charge in [0.1, 0.15) is 12.4 Å². The maximum absolute atomic E-state index is 13.8. The Morgan fingerprint density at radius 1 is 1.03 bits per heavy atom. The van der Waals surface area contributed by atoms with Crippen LogP contribution in [0.1, 0.15) is 29.7 Å². The van der Waals surface area contributed by atoms with Crippen LogP contribution in [0.2, 0.25) is 0 Å². The van der Waals surface area contributed by atoms with Crippen LogP contribution in [-0.4, -0.2) is 51.9 Å². The monoisotopic (exact) mass is 429 g/mol. The van der Waals surface area contributed by atoms with Crippen LogP contribution in [-0.2, 0) is 16.1 Å². The molecule has 2 aliphatic rings. The van der Waals surface area contributed by atoms with Crippen molar-refractivity contribution in [1.29, 1.82) is 0 Å². The number of aryl methyl sites for hydroxylation is 1. The molecule has 0 unspecified atom stereocenters. The van der Waals surface area contributed by atoms with Crippen molar-refractivity contribution in [3.8, 4) is 0 Å². The van der Waals surface area contributed by atoms with Gasteiger partial charge in [0.05, 0.1) is 25.3 Å². The van der Waals surface area contributed by atoms with Gasteiger partial charge in [-0.1, -0.05) is 60.2 Å². The van der Waals surface area contributed by atoms with E-state index in [1.807, 2.05) is 46.8 Å². The summed E-state index contributed by atoms with van der Waals surface area (Å²) in [5.41, 5.74) is 5.04. The molecule has 0 aliphatic carbocycles. The van der Waals surface area contributed by atoms with Crippen molar-refractivity contribution in [1.82, 2.24) is 19.7 Å². The van der Waals surface area contributed by atoms with E-state index in [2.05, 4.69) is 46.2 Å². The lowest BCUT2D eigenvalue weighted by atomic mass is 9.93. The zero-order valence-electron chi connectivity index (χ0n) is 18.4. The predicted molar refractivity (Wildman–Crippen MR) is 122 cm³/mol. The van der Waals surface area contributed by atoms with Crippen LogP contribution >= 0.6 is 0 Å². The molecule has 1 atom stereocenters. The molecule has 2 aromatic carbocycles. The summed E-state index contributed by atoms with van der Waals surface area (Å²) >= 11 is 0. The Bertz CT molecular complexity index is 1130. The van der Waals surface area contributed by atoms with Crippen molar-refractivity contribution < 1.29 is 9.53 Å². The number of anilines is 1. The van der Waals surface area contributed by atoms with Gasteiger partial charge in [0.25, 0.3) is 5.91 Å². The smallest absolute Gasteiger partial charge is 0.254 e. The van der Waals surface area contributed by atoms with Crippen molar-refractivity contribution in [2.24, 2.45) is 0 Å². The Hall–Kier alpha value is -3.45. The van der Waals surface area contributed by atoms with Gasteiger partial charge in [-0.3, -0.25) is 4.79 Å². The SMILES string of the molecule is CC1=C(C(=O)N2CCOCC2)[C@H](c2ccccc2)n2ncnc2N1Cc1ccc(C)cc1. The number of nitrogens with zero attached hydrogens (tertiary/aromatic N) is 5. The highest BCUT2D eigenvalue weighted by Gasteiger charge is 2.38. The molecule has 164 valence electrons. The van der Waals surface area contributed by atoms with Crippen LogP contribution in [0.3, 0.4) is 0 Å². The minimum atomic E-state index is -0.321. The third-order valence-electron chi connectivity index (χ3n) is 6.21. The van der Waals surface area contributed by atoms with Gasteiger partial charge >= 0.3 is 0 Å². The van der Waals surface area contributed by atoms with E-state index in [0.717, 1.165) is 28.3 Å². The molecule has 7 nitrogen and oxygen atoms in total. The fraction of sp³-hybridized carbons (Fsp3) is 0.320.